The fourth-order valence-corrected chi connectivity index (χ4v) is 2.21. The van der Waals surface area contributed by atoms with E-state index < -0.39 is 12.0 Å². The highest BCUT2D eigenvalue weighted by molar-refractivity contribution is 5.91. The summed E-state index contributed by atoms with van der Waals surface area (Å²) in [6.45, 7) is 2.10. The van der Waals surface area contributed by atoms with E-state index in [4.69, 9.17) is 0 Å². The molecule has 2 rings (SSSR count). The molecule has 94 valence electrons. The molecule has 1 aliphatic rings. The molecule has 18 heavy (non-hydrogen) atoms. The third-order valence-electron chi connectivity index (χ3n) is 3.13. The molecule has 0 radical (unpaired) electrons. The van der Waals surface area contributed by atoms with Crippen LogP contribution in [0.1, 0.15) is 18.1 Å². The highest BCUT2D eigenvalue weighted by Crippen LogP contribution is 2.23. The number of rotatable bonds is 2. The molecule has 1 unspecified atom stereocenters. The Morgan fingerprint density at radius 3 is 2.61 bits per heavy atom. The maximum absolute atomic E-state index is 11.9. The predicted octanol–water partition coefficient (Wildman–Crippen LogP) is 1.60. The van der Waals surface area contributed by atoms with Crippen molar-refractivity contribution < 1.29 is 14.7 Å². The number of hydrogen-bond acceptors (Lipinski definition) is 2. The molecule has 1 amide bonds. The highest BCUT2D eigenvalue weighted by atomic mass is 16.4. The fraction of sp³-hybridized carbons (Fsp3) is 0.286. The molecule has 0 aliphatic carbocycles. The second-order valence-electron chi connectivity index (χ2n) is 4.29. The zero-order chi connectivity index (χ0) is 13.1. The SMILES string of the molecule is CC=CC(=O)N1Cc2ccccc2CC1C(=O)O. The van der Waals surface area contributed by atoms with Crippen molar-refractivity contribution in [3.8, 4) is 0 Å². The van der Waals surface area contributed by atoms with Gasteiger partial charge in [0.25, 0.3) is 0 Å². The standard InChI is InChI=1S/C14H15NO3/c1-2-5-13(16)15-9-11-7-4-3-6-10(11)8-12(15)14(17)18/h2-7,12H,8-9H2,1H3,(H,17,18). The Bertz CT molecular complexity index is 508. The van der Waals surface area contributed by atoms with E-state index in [1.807, 2.05) is 24.3 Å². The Morgan fingerprint density at radius 1 is 1.33 bits per heavy atom. The van der Waals surface area contributed by atoms with Crippen molar-refractivity contribution >= 4 is 11.9 Å². The number of carboxylic acid groups (broad SMARTS) is 1. The number of allylic oxidation sites excluding steroid dienone is 1. The van der Waals surface area contributed by atoms with Crippen molar-refractivity contribution in [3.63, 3.8) is 0 Å². The van der Waals surface area contributed by atoms with E-state index in [1.165, 1.54) is 11.0 Å². The van der Waals surface area contributed by atoms with Crippen LogP contribution in [0.2, 0.25) is 0 Å². The van der Waals surface area contributed by atoms with Crippen LogP contribution in [-0.4, -0.2) is 27.9 Å². The zero-order valence-corrected chi connectivity index (χ0v) is 10.2. The molecule has 0 spiro atoms. The number of aliphatic carboxylic acids is 1. The van der Waals surface area contributed by atoms with Crippen LogP contribution >= 0.6 is 0 Å². The first kappa shape index (κ1) is 12.4. The van der Waals surface area contributed by atoms with Gasteiger partial charge in [0.1, 0.15) is 6.04 Å². The van der Waals surface area contributed by atoms with Crippen molar-refractivity contribution in [1.29, 1.82) is 0 Å². The van der Waals surface area contributed by atoms with Crippen molar-refractivity contribution in [3.05, 3.63) is 47.5 Å². The molecule has 4 heteroatoms. The summed E-state index contributed by atoms with van der Waals surface area (Å²) in [7, 11) is 0. The van der Waals surface area contributed by atoms with Crippen molar-refractivity contribution in [2.24, 2.45) is 0 Å². The third-order valence-corrected chi connectivity index (χ3v) is 3.13. The van der Waals surface area contributed by atoms with E-state index in [1.54, 1.807) is 13.0 Å². The minimum Gasteiger partial charge on any atom is -0.480 e. The van der Waals surface area contributed by atoms with Gasteiger partial charge in [-0.3, -0.25) is 4.79 Å². The van der Waals surface area contributed by atoms with Crippen LogP contribution in [0.3, 0.4) is 0 Å². The van der Waals surface area contributed by atoms with Gasteiger partial charge in [-0.2, -0.15) is 0 Å². The Labute approximate surface area is 106 Å². The van der Waals surface area contributed by atoms with E-state index in [0.717, 1.165) is 11.1 Å². The van der Waals surface area contributed by atoms with Crippen LogP contribution in [-0.2, 0) is 22.6 Å². The molecule has 0 aromatic heterocycles. The second kappa shape index (κ2) is 5.04. The smallest absolute Gasteiger partial charge is 0.326 e. The summed E-state index contributed by atoms with van der Waals surface area (Å²) in [6.07, 6.45) is 3.40. The van der Waals surface area contributed by atoms with Gasteiger partial charge in [-0.15, -0.1) is 0 Å². The average Bonchev–Trinajstić information content (AvgIpc) is 2.37. The number of carbonyl (C=O) groups is 2. The van der Waals surface area contributed by atoms with Gasteiger partial charge in [-0.1, -0.05) is 30.3 Å². The predicted molar refractivity (Wildman–Crippen MR) is 66.9 cm³/mol. The van der Waals surface area contributed by atoms with Crippen molar-refractivity contribution in [1.82, 2.24) is 4.90 Å². The third kappa shape index (κ3) is 2.27. The van der Waals surface area contributed by atoms with Gasteiger partial charge in [0, 0.05) is 13.0 Å². The molecule has 1 aromatic rings. The summed E-state index contributed by atoms with van der Waals surface area (Å²) in [6, 6.07) is 6.87. The van der Waals surface area contributed by atoms with Gasteiger partial charge in [0.05, 0.1) is 0 Å². The van der Waals surface area contributed by atoms with Crippen LogP contribution in [0.4, 0.5) is 0 Å². The average molecular weight is 245 g/mol. The summed E-state index contributed by atoms with van der Waals surface area (Å²) in [4.78, 5) is 24.6. The lowest BCUT2D eigenvalue weighted by Crippen LogP contribution is -2.48. The molecule has 1 aromatic carbocycles. The minimum atomic E-state index is -0.956. The van der Waals surface area contributed by atoms with E-state index >= 15 is 0 Å². The molecule has 1 heterocycles. The van der Waals surface area contributed by atoms with Gasteiger partial charge >= 0.3 is 5.97 Å². The number of nitrogens with zero attached hydrogens (tertiary/aromatic N) is 1. The van der Waals surface area contributed by atoms with Gasteiger partial charge in [0.15, 0.2) is 0 Å². The summed E-state index contributed by atoms with van der Waals surface area (Å²) in [5, 5.41) is 9.23. The lowest BCUT2D eigenvalue weighted by atomic mass is 9.94. The second-order valence-corrected chi connectivity index (χ2v) is 4.29. The molecule has 4 nitrogen and oxygen atoms in total. The number of carbonyl (C=O) groups excluding carboxylic acids is 1. The first-order valence-corrected chi connectivity index (χ1v) is 5.86. The molecular weight excluding hydrogens is 230 g/mol. The van der Waals surface area contributed by atoms with Gasteiger partial charge in [-0.05, 0) is 24.1 Å². The lowest BCUT2D eigenvalue weighted by Gasteiger charge is -2.33. The minimum absolute atomic E-state index is 0.251. The lowest BCUT2D eigenvalue weighted by molar-refractivity contribution is -0.149. The first-order valence-electron chi connectivity index (χ1n) is 5.86. The Kier molecular flexibility index (Phi) is 3.46. The largest absolute Gasteiger partial charge is 0.480 e. The van der Waals surface area contributed by atoms with Crippen LogP contribution in [0, 0.1) is 0 Å². The number of carboxylic acids is 1. The van der Waals surface area contributed by atoms with Gasteiger partial charge < -0.3 is 10.0 Å². The van der Waals surface area contributed by atoms with Crippen LogP contribution < -0.4 is 0 Å². The van der Waals surface area contributed by atoms with Gasteiger partial charge in [0.2, 0.25) is 5.91 Å². The number of benzene rings is 1. The molecule has 0 saturated heterocycles. The number of amides is 1. The summed E-state index contributed by atoms with van der Waals surface area (Å²) in [5.41, 5.74) is 2.03. The van der Waals surface area contributed by atoms with Crippen LogP contribution in [0.15, 0.2) is 36.4 Å². The van der Waals surface area contributed by atoms with E-state index in [2.05, 4.69) is 0 Å². The van der Waals surface area contributed by atoms with Crippen LogP contribution in [0.25, 0.3) is 0 Å². The zero-order valence-electron chi connectivity index (χ0n) is 10.2. The number of hydrogen-bond donors (Lipinski definition) is 1. The summed E-state index contributed by atoms with van der Waals surface area (Å²) in [5.74, 6) is -1.21. The molecule has 0 saturated carbocycles. The van der Waals surface area contributed by atoms with Crippen molar-refractivity contribution in [2.45, 2.75) is 25.9 Å². The Hall–Kier alpha value is -2.10. The Morgan fingerprint density at radius 2 is 2.00 bits per heavy atom. The van der Waals surface area contributed by atoms with Gasteiger partial charge in [-0.25, -0.2) is 4.79 Å². The molecule has 0 bridgehead atoms. The molecule has 1 aliphatic heterocycles. The fourth-order valence-electron chi connectivity index (χ4n) is 2.21. The highest BCUT2D eigenvalue weighted by Gasteiger charge is 2.33. The summed E-state index contributed by atoms with van der Waals surface area (Å²) >= 11 is 0. The number of fused-ring (bicyclic) bond motifs is 1. The monoisotopic (exact) mass is 245 g/mol. The van der Waals surface area contributed by atoms with Crippen molar-refractivity contribution in [2.75, 3.05) is 0 Å². The summed E-state index contributed by atoms with van der Waals surface area (Å²) < 4.78 is 0. The normalized spacial score (nSPS) is 18.7. The quantitative estimate of drug-likeness (QED) is 0.805. The van der Waals surface area contributed by atoms with E-state index in [9.17, 15) is 14.7 Å². The Balaban J connectivity index is 2.34. The molecular formula is C14H15NO3. The van der Waals surface area contributed by atoms with E-state index in [0.29, 0.717) is 13.0 Å². The molecule has 0 fully saturated rings. The maximum atomic E-state index is 11.9. The molecule has 1 N–H and O–H groups in total. The topological polar surface area (TPSA) is 57.6 Å². The first-order chi connectivity index (χ1) is 8.63. The van der Waals surface area contributed by atoms with E-state index in [-0.39, 0.29) is 5.91 Å². The maximum Gasteiger partial charge on any atom is 0.326 e. The van der Waals surface area contributed by atoms with Crippen LogP contribution in [0.5, 0.6) is 0 Å². The molecule has 1 atom stereocenters.